The average molecular weight is 217 g/mol. The van der Waals surface area contributed by atoms with E-state index in [9.17, 15) is 13.6 Å². The molecule has 15 heavy (non-hydrogen) atoms. The molecule has 1 unspecified atom stereocenters. The standard InChI is InChI=1S/C9H13F2N3O/c1-3-6(2)13-8(15)7-4-5-12-14(7)9(10)11/h4-6,9H,3H2,1-2H3,(H,13,15). The number of nitrogens with zero attached hydrogens (tertiary/aromatic N) is 2. The summed E-state index contributed by atoms with van der Waals surface area (Å²) in [6.07, 6.45) is 1.92. The molecule has 1 heterocycles. The Hall–Kier alpha value is -1.46. The normalized spacial score (nSPS) is 12.9. The fourth-order valence-electron chi connectivity index (χ4n) is 1.05. The van der Waals surface area contributed by atoms with Gasteiger partial charge < -0.3 is 5.32 Å². The minimum absolute atomic E-state index is 0.0430. The van der Waals surface area contributed by atoms with Gasteiger partial charge in [-0.1, -0.05) is 6.92 Å². The zero-order chi connectivity index (χ0) is 11.4. The van der Waals surface area contributed by atoms with Crippen molar-refractivity contribution in [2.24, 2.45) is 0 Å². The summed E-state index contributed by atoms with van der Waals surface area (Å²) in [4.78, 5) is 11.5. The fraction of sp³-hybridized carbons (Fsp3) is 0.556. The first-order valence-electron chi connectivity index (χ1n) is 4.68. The second kappa shape index (κ2) is 4.86. The lowest BCUT2D eigenvalue weighted by atomic mass is 10.2. The fourth-order valence-corrected chi connectivity index (χ4v) is 1.05. The summed E-state index contributed by atoms with van der Waals surface area (Å²) in [6, 6.07) is 1.22. The van der Waals surface area contributed by atoms with Crippen LogP contribution < -0.4 is 5.32 Å². The summed E-state index contributed by atoms with van der Waals surface area (Å²) >= 11 is 0. The van der Waals surface area contributed by atoms with Gasteiger partial charge in [-0.15, -0.1) is 0 Å². The number of hydrogen-bond donors (Lipinski definition) is 1. The molecule has 0 bridgehead atoms. The van der Waals surface area contributed by atoms with E-state index >= 15 is 0 Å². The van der Waals surface area contributed by atoms with Gasteiger partial charge in [0.1, 0.15) is 5.69 Å². The van der Waals surface area contributed by atoms with Crippen molar-refractivity contribution < 1.29 is 13.6 Å². The highest BCUT2D eigenvalue weighted by Gasteiger charge is 2.18. The first-order chi connectivity index (χ1) is 7.06. The van der Waals surface area contributed by atoms with Gasteiger partial charge in [-0.05, 0) is 19.4 Å². The molecule has 1 rings (SSSR count). The molecule has 0 spiro atoms. The number of carbonyl (C=O) groups excluding carboxylic acids is 1. The van der Waals surface area contributed by atoms with Crippen molar-refractivity contribution >= 4 is 5.91 Å². The smallest absolute Gasteiger partial charge is 0.333 e. The Bertz CT molecular complexity index is 338. The number of hydrogen-bond acceptors (Lipinski definition) is 2. The molecule has 1 N–H and O–H groups in total. The number of halogens is 2. The molecule has 4 nitrogen and oxygen atoms in total. The van der Waals surface area contributed by atoms with Crippen molar-refractivity contribution in [1.82, 2.24) is 15.1 Å². The number of amides is 1. The van der Waals surface area contributed by atoms with Crippen LogP contribution >= 0.6 is 0 Å². The van der Waals surface area contributed by atoms with Gasteiger partial charge in [0.2, 0.25) is 0 Å². The Kier molecular flexibility index (Phi) is 3.76. The van der Waals surface area contributed by atoms with Crippen LogP contribution in [0.2, 0.25) is 0 Å². The number of aromatic nitrogens is 2. The second-order valence-corrected chi connectivity index (χ2v) is 3.22. The van der Waals surface area contributed by atoms with E-state index in [-0.39, 0.29) is 11.7 Å². The Balaban J connectivity index is 2.77. The van der Waals surface area contributed by atoms with Crippen molar-refractivity contribution in [1.29, 1.82) is 0 Å². The minimum Gasteiger partial charge on any atom is -0.348 e. The molecule has 84 valence electrons. The molecule has 0 fully saturated rings. The van der Waals surface area contributed by atoms with Gasteiger partial charge in [0.05, 0.1) is 0 Å². The van der Waals surface area contributed by atoms with E-state index in [4.69, 9.17) is 0 Å². The lowest BCUT2D eigenvalue weighted by molar-refractivity contribution is 0.0507. The Morgan fingerprint density at radius 3 is 2.87 bits per heavy atom. The summed E-state index contributed by atoms with van der Waals surface area (Å²) in [5.74, 6) is -0.526. The van der Waals surface area contributed by atoms with Crippen LogP contribution in [0.3, 0.4) is 0 Å². The van der Waals surface area contributed by atoms with Crippen LogP contribution in [0.15, 0.2) is 12.3 Å². The third kappa shape index (κ3) is 2.74. The van der Waals surface area contributed by atoms with Crippen LogP contribution in [-0.4, -0.2) is 21.7 Å². The molecule has 0 aliphatic rings. The van der Waals surface area contributed by atoms with Gasteiger partial charge in [-0.2, -0.15) is 18.6 Å². The van der Waals surface area contributed by atoms with Crippen LogP contribution in [0.25, 0.3) is 0 Å². The minimum atomic E-state index is -2.79. The number of nitrogens with one attached hydrogen (secondary N) is 1. The Labute approximate surface area is 86.3 Å². The molecule has 1 aromatic rings. The van der Waals surface area contributed by atoms with Crippen LogP contribution in [0.4, 0.5) is 8.78 Å². The topological polar surface area (TPSA) is 46.9 Å². The van der Waals surface area contributed by atoms with Gasteiger partial charge in [0, 0.05) is 12.2 Å². The lowest BCUT2D eigenvalue weighted by Crippen LogP contribution is -2.33. The quantitative estimate of drug-likeness (QED) is 0.836. The van der Waals surface area contributed by atoms with Gasteiger partial charge in [-0.3, -0.25) is 4.79 Å². The molecule has 0 radical (unpaired) electrons. The highest BCUT2D eigenvalue weighted by atomic mass is 19.3. The monoisotopic (exact) mass is 217 g/mol. The number of carbonyl (C=O) groups is 1. The second-order valence-electron chi connectivity index (χ2n) is 3.22. The molecular formula is C9H13F2N3O. The van der Waals surface area contributed by atoms with Gasteiger partial charge >= 0.3 is 6.55 Å². The molecule has 1 aromatic heterocycles. The van der Waals surface area contributed by atoms with Crippen LogP contribution in [0.5, 0.6) is 0 Å². The summed E-state index contributed by atoms with van der Waals surface area (Å²) in [5, 5.41) is 5.97. The lowest BCUT2D eigenvalue weighted by Gasteiger charge is -2.11. The predicted octanol–water partition coefficient (Wildman–Crippen LogP) is 1.81. The Morgan fingerprint density at radius 2 is 2.33 bits per heavy atom. The van der Waals surface area contributed by atoms with Crippen molar-refractivity contribution in [3.63, 3.8) is 0 Å². The maximum Gasteiger partial charge on any atom is 0.333 e. The molecule has 0 saturated heterocycles. The zero-order valence-corrected chi connectivity index (χ0v) is 8.58. The van der Waals surface area contributed by atoms with Gasteiger partial charge in [0.15, 0.2) is 0 Å². The average Bonchev–Trinajstić information content (AvgIpc) is 2.65. The van der Waals surface area contributed by atoms with Crippen LogP contribution in [-0.2, 0) is 0 Å². The first-order valence-corrected chi connectivity index (χ1v) is 4.68. The SMILES string of the molecule is CCC(C)NC(=O)c1ccnn1C(F)F. The van der Waals surface area contributed by atoms with Crippen LogP contribution in [0, 0.1) is 0 Å². The third-order valence-corrected chi connectivity index (χ3v) is 2.08. The molecule has 0 aliphatic heterocycles. The van der Waals surface area contributed by atoms with E-state index in [1.54, 1.807) is 6.92 Å². The van der Waals surface area contributed by atoms with E-state index < -0.39 is 12.5 Å². The molecule has 1 atom stereocenters. The van der Waals surface area contributed by atoms with Gasteiger partial charge in [-0.25, -0.2) is 0 Å². The molecule has 1 amide bonds. The maximum absolute atomic E-state index is 12.4. The highest BCUT2D eigenvalue weighted by Crippen LogP contribution is 2.11. The Morgan fingerprint density at radius 1 is 1.67 bits per heavy atom. The summed E-state index contributed by atoms with van der Waals surface area (Å²) < 4.78 is 25.1. The number of alkyl halides is 2. The van der Waals surface area contributed by atoms with E-state index in [1.807, 2.05) is 6.92 Å². The van der Waals surface area contributed by atoms with Crippen LogP contribution in [0.1, 0.15) is 37.3 Å². The van der Waals surface area contributed by atoms with Crippen molar-refractivity contribution in [3.05, 3.63) is 18.0 Å². The molecule has 0 aliphatic carbocycles. The molecular weight excluding hydrogens is 204 g/mol. The summed E-state index contributed by atoms with van der Waals surface area (Å²) in [7, 11) is 0. The third-order valence-electron chi connectivity index (χ3n) is 2.08. The van der Waals surface area contributed by atoms with E-state index in [0.717, 1.165) is 6.42 Å². The van der Waals surface area contributed by atoms with E-state index in [1.165, 1.54) is 12.3 Å². The molecule has 0 aromatic carbocycles. The summed E-state index contributed by atoms with van der Waals surface area (Å²) in [6.45, 7) is 0.911. The van der Waals surface area contributed by atoms with Gasteiger partial charge in [0.25, 0.3) is 5.91 Å². The van der Waals surface area contributed by atoms with E-state index in [2.05, 4.69) is 10.4 Å². The predicted molar refractivity (Wildman–Crippen MR) is 50.7 cm³/mol. The highest BCUT2D eigenvalue weighted by molar-refractivity contribution is 5.92. The summed E-state index contributed by atoms with van der Waals surface area (Å²) in [5.41, 5.74) is -0.120. The maximum atomic E-state index is 12.4. The van der Waals surface area contributed by atoms with Crippen molar-refractivity contribution in [2.75, 3.05) is 0 Å². The largest absolute Gasteiger partial charge is 0.348 e. The number of rotatable bonds is 4. The first kappa shape index (κ1) is 11.6. The molecule has 0 saturated carbocycles. The zero-order valence-electron chi connectivity index (χ0n) is 8.58. The van der Waals surface area contributed by atoms with Crippen molar-refractivity contribution in [2.45, 2.75) is 32.9 Å². The molecule has 6 heteroatoms. The van der Waals surface area contributed by atoms with E-state index in [0.29, 0.717) is 4.68 Å². The van der Waals surface area contributed by atoms with Crippen molar-refractivity contribution in [3.8, 4) is 0 Å².